The average Bonchev–Trinajstić information content (AvgIpc) is 3.23. The topological polar surface area (TPSA) is 41.6 Å². The van der Waals surface area contributed by atoms with Gasteiger partial charge in [0.05, 0.1) is 0 Å². The fourth-order valence-electron chi connectivity index (χ4n) is 3.51. The molecule has 1 aromatic carbocycles. The van der Waals surface area contributed by atoms with Crippen LogP contribution in [0.5, 0.6) is 0 Å². The summed E-state index contributed by atoms with van der Waals surface area (Å²) in [5.74, 6) is -0.728. The van der Waals surface area contributed by atoms with Crippen LogP contribution in [0.2, 0.25) is 0 Å². The van der Waals surface area contributed by atoms with Crippen LogP contribution >= 0.6 is 0 Å². The molecule has 1 amide bonds. The summed E-state index contributed by atoms with van der Waals surface area (Å²) in [5, 5.41) is 3.52. The third-order valence-electron chi connectivity index (χ3n) is 4.89. The number of rotatable bonds is 5. The van der Waals surface area contributed by atoms with E-state index < -0.39 is 17.2 Å². The van der Waals surface area contributed by atoms with Gasteiger partial charge in [0.15, 0.2) is 0 Å². The zero-order valence-electron chi connectivity index (χ0n) is 15.7. The molecule has 0 radical (unpaired) electrons. The highest BCUT2D eigenvalue weighted by molar-refractivity contribution is 5.68. The second kappa shape index (κ2) is 7.51. The van der Waals surface area contributed by atoms with Gasteiger partial charge in [0.2, 0.25) is 0 Å². The van der Waals surface area contributed by atoms with E-state index >= 15 is 0 Å². The number of halogens is 2. The van der Waals surface area contributed by atoms with Crippen molar-refractivity contribution < 1.29 is 18.3 Å². The summed E-state index contributed by atoms with van der Waals surface area (Å²) in [6.45, 7) is 7.51. The van der Waals surface area contributed by atoms with E-state index in [9.17, 15) is 13.6 Å². The van der Waals surface area contributed by atoms with Crippen LogP contribution in [-0.2, 0) is 11.2 Å². The van der Waals surface area contributed by atoms with Crippen molar-refractivity contribution in [3.63, 3.8) is 0 Å². The molecule has 2 atom stereocenters. The molecule has 1 N–H and O–H groups in total. The SMILES string of the molecule is CC(C)(C)OC(=O)N1CC(CNC2CC2)C(Cc2cc(F)cc(F)c2)C1. The minimum Gasteiger partial charge on any atom is -0.444 e. The molecular weight excluding hydrogens is 338 g/mol. The summed E-state index contributed by atoms with van der Waals surface area (Å²) >= 11 is 0. The van der Waals surface area contributed by atoms with E-state index in [-0.39, 0.29) is 17.9 Å². The fraction of sp³-hybridized carbons (Fsp3) is 0.650. The number of carbonyl (C=O) groups excluding carboxylic acids is 1. The first kappa shape index (κ1) is 19.1. The summed E-state index contributed by atoms with van der Waals surface area (Å²) in [7, 11) is 0. The maximum atomic E-state index is 13.5. The molecule has 1 heterocycles. The lowest BCUT2D eigenvalue weighted by atomic mass is 9.89. The summed E-state index contributed by atoms with van der Waals surface area (Å²) < 4.78 is 32.5. The Kier molecular flexibility index (Phi) is 5.51. The van der Waals surface area contributed by atoms with Gasteiger partial charge >= 0.3 is 6.09 Å². The zero-order valence-corrected chi connectivity index (χ0v) is 15.7. The number of amides is 1. The minimum atomic E-state index is -0.561. The van der Waals surface area contributed by atoms with Gasteiger partial charge in [-0.05, 0) is 69.6 Å². The van der Waals surface area contributed by atoms with Gasteiger partial charge in [-0.3, -0.25) is 0 Å². The molecule has 0 spiro atoms. The van der Waals surface area contributed by atoms with Crippen LogP contribution in [0, 0.1) is 23.5 Å². The van der Waals surface area contributed by atoms with Crippen LogP contribution in [0.4, 0.5) is 13.6 Å². The van der Waals surface area contributed by atoms with Crippen LogP contribution < -0.4 is 5.32 Å². The third-order valence-corrected chi connectivity index (χ3v) is 4.89. The smallest absolute Gasteiger partial charge is 0.410 e. The largest absolute Gasteiger partial charge is 0.444 e. The van der Waals surface area contributed by atoms with Gasteiger partial charge in [-0.15, -0.1) is 0 Å². The minimum absolute atomic E-state index is 0.148. The van der Waals surface area contributed by atoms with Crippen molar-refractivity contribution in [2.75, 3.05) is 19.6 Å². The Bertz CT molecular complexity index is 635. The van der Waals surface area contributed by atoms with Gasteiger partial charge in [0, 0.05) is 31.7 Å². The van der Waals surface area contributed by atoms with Crippen molar-refractivity contribution in [1.29, 1.82) is 0 Å². The van der Waals surface area contributed by atoms with E-state index in [1.165, 1.54) is 25.0 Å². The lowest BCUT2D eigenvalue weighted by Gasteiger charge is -2.24. The Morgan fingerprint density at radius 3 is 2.35 bits per heavy atom. The maximum absolute atomic E-state index is 13.5. The molecule has 144 valence electrons. The Morgan fingerprint density at radius 1 is 1.15 bits per heavy atom. The highest BCUT2D eigenvalue weighted by Crippen LogP contribution is 2.29. The Hall–Kier alpha value is -1.69. The molecule has 1 aliphatic carbocycles. The second-order valence-corrected chi connectivity index (χ2v) is 8.57. The van der Waals surface area contributed by atoms with E-state index in [0.717, 1.165) is 12.6 Å². The summed E-state index contributed by atoms with van der Waals surface area (Å²) in [4.78, 5) is 14.2. The van der Waals surface area contributed by atoms with Gasteiger partial charge in [-0.25, -0.2) is 13.6 Å². The van der Waals surface area contributed by atoms with Crippen LogP contribution in [0.3, 0.4) is 0 Å². The number of carbonyl (C=O) groups is 1. The Balaban J connectivity index is 1.68. The fourth-order valence-corrected chi connectivity index (χ4v) is 3.51. The van der Waals surface area contributed by atoms with E-state index in [1.807, 2.05) is 20.8 Å². The Labute approximate surface area is 153 Å². The molecule has 0 aromatic heterocycles. The van der Waals surface area contributed by atoms with E-state index in [4.69, 9.17) is 4.74 Å². The van der Waals surface area contributed by atoms with Crippen molar-refractivity contribution in [3.8, 4) is 0 Å². The van der Waals surface area contributed by atoms with Gasteiger partial charge in [0.25, 0.3) is 0 Å². The molecule has 1 aromatic rings. The zero-order chi connectivity index (χ0) is 18.9. The molecule has 6 heteroatoms. The predicted molar refractivity (Wildman–Crippen MR) is 95.9 cm³/mol. The van der Waals surface area contributed by atoms with E-state index in [0.29, 0.717) is 31.1 Å². The monoisotopic (exact) mass is 366 g/mol. The average molecular weight is 366 g/mol. The van der Waals surface area contributed by atoms with Crippen LogP contribution in [-0.4, -0.2) is 42.3 Å². The van der Waals surface area contributed by atoms with Crippen molar-refractivity contribution in [1.82, 2.24) is 10.2 Å². The lowest BCUT2D eigenvalue weighted by molar-refractivity contribution is 0.0284. The van der Waals surface area contributed by atoms with Gasteiger partial charge in [0.1, 0.15) is 17.2 Å². The number of nitrogens with one attached hydrogen (secondary N) is 1. The predicted octanol–water partition coefficient (Wildman–Crippen LogP) is 3.74. The molecule has 4 nitrogen and oxygen atoms in total. The van der Waals surface area contributed by atoms with Crippen molar-refractivity contribution >= 4 is 6.09 Å². The first-order valence-electron chi connectivity index (χ1n) is 9.36. The number of hydrogen-bond acceptors (Lipinski definition) is 3. The quantitative estimate of drug-likeness (QED) is 0.863. The molecular formula is C20H28F2N2O2. The van der Waals surface area contributed by atoms with Crippen LogP contribution in [0.25, 0.3) is 0 Å². The molecule has 26 heavy (non-hydrogen) atoms. The maximum Gasteiger partial charge on any atom is 0.410 e. The van der Waals surface area contributed by atoms with Crippen LogP contribution in [0.15, 0.2) is 18.2 Å². The standard InChI is InChI=1S/C20H28F2N2O2/c1-20(2,3)26-19(25)24-11-14(15(12-24)10-23-18-4-5-18)6-13-7-16(21)9-17(22)8-13/h7-9,14-15,18,23H,4-6,10-12H2,1-3H3. The summed E-state index contributed by atoms with van der Waals surface area (Å²) in [5.41, 5.74) is 0.0952. The highest BCUT2D eigenvalue weighted by atomic mass is 19.1. The molecule has 3 rings (SSSR count). The number of benzene rings is 1. The molecule has 2 fully saturated rings. The molecule has 2 unspecified atom stereocenters. The van der Waals surface area contributed by atoms with E-state index in [2.05, 4.69) is 5.32 Å². The molecule has 1 aliphatic heterocycles. The molecule has 1 saturated carbocycles. The van der Waals surface area contributed by atoms with Crippen LogP contribution in [0.1, 0.15) is 39.2 Å². The summed E-state index contributed by atoms with van der Waals surface area (Å²) in [6, 6.07) is 4.23. The third kappa shape index (κ3) is 5.40. The number of nitrogens with zero attached hydrogens (tertiary/aromatic N) is 1. The van der Waals surface area contributed by atoms with Gasteiger partial charge in [-0.2, -0.15) is 0 Å². The molecule has 2 aliphatic rings. The summed E-state index contributed by atoms with van der Waals surface area (Å²) in [6.07, 6.45) is 2.62. The van der Waals surface area contributed by atoms with Gasteiger partial charge < -0.3 is 15.0 Å². The first-order valence-corrected chi connectivity index (χ1v) is 9.36. The lowest BCUT2D eigenvalue weighted by Crippen LogP contribution is -2.36. The number of hydrogen-bond donors (Lipinski definition) is 1. The van der Waals surface area contributed by atoms with Crippen molar-refractivity contribution in [2.45, 2.75) is 51.7 Å². The van der Waals surface area contributed by atoms with Crippen molar-refractivity contribution in [2.24, 2.45) is 11.8 Å². The highest BCUT2D eigenvalue weighted by Gasteiger charge is 2.37. The number of ether oxygens (including phenoxy) is 1. The second-order valence-electron chi connectivity index (χ2n) is 8.57. The normalized spacial score (nSPS) is 23.3. The molecule has 1 saturated heterocycles. The molecule has 0 bridgehead atoms. The number of likely N-dealkylation sites (tertiary alicyclic amines) is 1. The first-order chi connectivity index (χ1) is 12.2. The van der Waals surface area contributed by atoms with Crippen molar-refractivity contribution in [3.05, 3.63) is 35.4 Å². The van der Waals surface area contributed by atoms with E-state index in [1.54, 1.807) is 4.90 Å². The Morgan fingerprint density at radius 2 is 1.77 bits per heavy atom. The van der Waals surface area contributed by atoms with Gasteiger partial charge in [-0.1, -0.05) is 0 Å².